The number of hydrogen-bond acceptors (Lipinski definition) is 4. The fourth-order valence-electron chi connectivity index (χ4n) is 1.37. The Labute approximate surface area is 94.5 Å². The minimum atomic E-state index is -0.394. The Morgan fingerprint density at radius 2 is 2.38 bits per heavy atom. The van der Waals surface area contributed by atoms with Crippen LogP contribution in [-0.4, -0.2) is 29.8 Å². The summed E-state index contributed by atoms with van der Waals surface area (Å²) in [5.41, 5.74) is 0.648. The van der Waals surface area contributed by atoms with E-state index in [1.54, 1.807) is 0 Å². The van der Waals surface area contributed by atoms with Crippen LogP contribution in [0.1, 0.15) is 18.9 Å². The number of pyridine rings is 1. The van der Waals surface area contributed by atoms with Gasteiger partial charge < -0.3 is 15.2 Å². The highest BCUT2D eigenvalue weighted by Crippen LogP contribution is 2.15. The molecule has 0 amide bonds. The molecule has 0 bridgehead atoms. The molecule has 0 aliphatic rings. The fourth-order valence-corrected chi connectivity index (χ4v) is 1.37. The molecule has 0 aromatic carbocycles. The number of aromatic nitrogens is 1. The molecule has 0 aliphatic carbocycles. The third-order valence-corrected chi connectivity index (χ3v) is 2.38. The van der Waals surface area contributed by atoms with Gasteiger partial charge in [0.25, 0.3) is 0 Å². The summed E-state index contributed by atoms with van der Waals surface area (Å²) in [5, 5.41) is 12.1. The van der Waals surface area contributed by atoms with Crippen molar-refractivity contribution in [2.24, 2.45) is 0 Å². The minimum Gasteiger partial charge on any atom is -0.481 e. The zero-order chi connectivity index (χ0) is 12.0. The Hall–Kier alpha value is -1.20. The number of ether oxygens (including phenoxy) is 1. The fraction of sp³-hybridized carbons (Fsp3) is 0.545. The van der Waals surface area contributed by atoms with Crippen molar-refractivity contribution in [2.75, 3.05) is 13.7 Å². The van der Waals surface area contributed by atoms with E-state index in [1.807, 2.05) is 6.92 Å². The normalized spacial score (nSPS) is 12.5. The van der Waals surface area contributed by atoms with Crippen molar-refractivity contribution < 1.29 is 14.2 Å². The number of methoxy groups -OCH3 is 1. The SMILES string of the molecule is CC[C@H](CO)NCc1cc(F)cnc1OC. The van der Waals surface area contributed by atoms with Crippen molar-refractivity contribution in [3.8, 4) is 5.88 Å². The van der Waals surface area contributed by atoms with Crippen LogP contribution in [0.5, 0.6) is 5.88 Å². The molecule has 0 spiro atoms. The van der Waals surface area contributed by atoms with Gasteiger partial charge in [-0.3, -0.25) is 0 Å². The van der Waals surface area contributed by atoms with Gasteiger partial charge in [0, 0.05) is 18.2 Å². The molecule has 0 saturated carbocycles. The molecule has 5 heteroatoms. The van der Waals surface area contributed by atoms with Gasteiger partial charge >= 0.3 is 0 Å². The van der Waals surface area contributed by atoms with Crippen molar-refractivity contribution in [2.45, 2.75) is 25.9 Å². The van der Waals surface area contributed by atoms with Gasteiger partial charge in [-0.1, -0.05) is 6.92 Å². The first-order valence-electron chi connectivity index (χ1n) is 5.23. The predicted molar refractivity (Wildman–Crippen MR) is 58.8 cm³/mol. The summed E-state index contributed by atoms with van der Waals surface area (Å²) in [4.78, 5) is 3.83. The number of nitrogens with one attached hydrogen (secondary N) is 1. The molecule has 2 N–H and O–H groups in total. The van der Waals surface area contributed by atoms with Crippen LogP contribution in [-0.2, 0) is 6.54 Å². The first-order chi connectivity index (χ1) is 7.71. The Bertz CT molecular complexity index is 330. The van der Waals surface area contributed by atoms with E-state index in [9.17, 15) is 4.39 Å². The minimum absolute atomic E-state index is 0.00738. The third-order valence-electron chi connectivity index (χ3n) is 2.38. The van der Waals surface area contributed by atoms with Gasteiger partial charge in [-0.2, -0.15) is 0 Å². The lowest BCUT2D eigenvalue weighted by Gasteiger charge is -2.15. The van der Waals surface area contributed by atoms with E-state index in [-0.39, 0.29) is 12.6 Å². The van der Waals surface area contributed by atoms with E-state index < -0.39 is 5.82 Å². The lowest BCUT2D eigenvalue weighted by molar-refractivity contribution is 0.237. The monoisotopic (exact) mass is 228 g/mol. The molecule has 0 aliphatic heterocycles. The van der Waals surface area contributed by atoms with Crippen LogP contribution in [0.2, 0.25) is 0 Å². The van der Waals surface area contributed by atoms with Gasteiger partial charge in [0.2, 0.25) is 5.88 Å². The van der Waals surface area contributed by atoms with E-state index in [1.165, 1.54) is 13.2 Å². The van der Waals surface area contributed by atoms with Crippen LogP contribution in [0.15, 0.2) is 12.3 Å². The summed E-state index contributed by atoms with van der Waals surface area (Å²) in [6.45, 7) is 2.45. The largest absolute Gasteiger partial charge is 0.481 e. The number of aliphatic hydroxyl groups is 1. The summed E-state index contributed by atoms with van der Waals surface area (Å²) in [5.74, 6) is 0.0105. The van der Waals surface area contributed by atoms with Crippen molar-refractivity contribution in [3.05, 3.63) is 23.6 Å². The lowest BCUT2D eigenvalue weighted by Crippen LogP contribution is -2.31. The average molecular weight is 228 g/mol. The second kappa shape index (κ2) is 6.40. The van der Waals surface area contributed by atoms with Gasteiger partial charge in [0.05, 0.1) is 19.9 Å². The first-order valence-corrected chi connectivity index (χ1v) is 5.23. The maximum Gasteiger partial charge on any atom is 0.217 e. The standard InChI is InChI=1S/C11H17FN2O2/c1-3-10(7-15)13-5-8-4-9(12)6-14-11(8)16-2/h4,6,10,13,15H,3,5,7H2,1-2H3/t10-/m1/s1. The Kier molecular flexibility index (Phi) is 5.14. The molecule has 1 aromatic heterocycles. The predicted octanol–water partition coefficient (Wildman–Crippen LogP) is 1.09. The van der Waals surface area contributed by atoms with Gasteiger partial charge in [0.1, 0.15) is 5.82 Å². The zero-order valence-corrected chi connectivity index (χ0v) is 9.53. The summed E-state index contributed by atoms with van der Waals surface area (Å²) < 4.78 is 18.0. The third kappa shape index (κ3) is 3.43. The van der Waals surface area contributed by atoms with E-state index in [0.717, 1.165) is 12.6 Å². The highest BCUT2D eigenvalue weighted by molar-refractivity contribution is 5.25. The number of nitrogens with zero attached hydrogens (tertiary/aromatic N) is 1. The Balaban J connectivity index is 2.68. The van der Waals surface area contributed by atoms with Gasteiger partial charge in [-0.15, -0.1) is 0 Å². The Morgan fingerprint density at radius 3 is 2.94 bits per heavy atom. The molecule has 0 radical (unpaired) electrons. The zero-order valence-electron chi connectivity index (χ0n) is 9.53. The lowest BCUT2D eigenvalue weighted by atomic mass is 10.2. The average Bonchev–Trinajstić information content (AvgIpc) is 2.30. The van der Waals surface area contributed by atoms with Crippen LogP contribution in [0.4, 0.5) is 4.39 Å². The summed E-state index contributed by atoms with van der Waals surface area (Å²) >= 11 is 0. The molecular formula is C11H17FN2O2. The topological polar surface area (TPSA) is 54.4 Å². The number of aliphatic hydroxyl groups excluding tert-OH is 1. The second-order valence-electron chi connectivity index (χ2n) is 3.49. The van der Waals surface area contributed by atoms with Crippen LogP contribution in [0, 0.1) is 5.82 Å². The maximum absolute atomic E-state index is 13.0. The van der Waals surface area contributed by atoms with E-state index in [2.05, 4.69) is 10.3 Å². The number of halogens is 1. The van der Waals surface area contributed by atoms with Crippen LogP contribution in [0.25, 0.3) is 0 Å². The molecule has 1 heterocycles. The molecule has 0 fully saturated rings. The van der Waals surface area contributed by atoms with Crippen LogP contribution < -0.4 is 10.1 Å². The van der Waals surface area contributed by atoms with Crippen molar-refractivity contribution in [1.82, 2.24) is 10.3 Å². The van der Waals surface area contributed by atoms with Crippen molar-refractivity contribution in [1.29, 1.82) is 0 Å². The highest BCUT2D eigenvalue weighted by atomic mass is 19.1. The first kappa shape index (κ1) is 12.9. The van der Waals surface area contributed by atoms with E-state index >= 15 is 0 Å². The molecule has 1 aromatic rings. The van der Waals surface area contributed by atoms with Gasteiger partial charge in [0.15, 0.2) is 0 Å². The molecule has 0 unspecified atom stereocenters. The smallest absolute Gasteiger partial charge is 0.217 e. The molecule has 90 valence electrons. The van der Waals surface area contributed by atoms with Gasteiger partial charge in [-0.25, -0.2) is 9.37 Å². The quantitative estimate of drug-likeness (QED) is 0.765. The summed E-state index contributed by atoms with van der Waals surface area (Å²) in [6, 6.07) is 1.39. The second-order valence-corrected chi connectivity index (χ2v) is 3.49. The molecular weight excluding hydrogens is 211 g/mol. The number of rotatable bonds is 6. The molecule has 16 heavy (non-hydrogen) atoms. The molecule has 0 saturated heterocycles. The van der Waals surface area contributed by atoms with Crippen molar-refractivity contribution >= 4 is 0 Å². The maximum atomic E-state index is 13.0. The Morgan fingerprint density at radius 1 is 1.62 bits per heavy atom. The van der Waals surface area contributed by atoms with E-state index in [4.69, 9.17) is 9.84 Å². The molecule has 4 nitrogen and oxygen atoms in total. The van der Waals surface area contributed by atoms with Crippen molar-refractivity contribution in [3.63, 3.8) is 0 Å². The molecule has 1 rings (SSSR count). The van der Waals surface area contributed by atoms with Crippen LogP contribution in [0.3, 0.4) is 0 Å². The van der Waals surface area contributed by atoms with Gasteiger partial charge in [-0.05, 0) is 12.5 Å². The highest BCUT2D eigenvalue weighted by Gasteiger charge is 2.09. The summed E-state index contributed by atoms with van der Waals surface area (Å²) in [7, 11) is 1.49. The molecule has 1 atom stereocenters. The summed E-state index contributed by atoms with van der Waals surface area (Å²) in [6.07, 6.45) is 1.92. The number of hydrogen-bond donors (Lipinski definition) is 2. The van der Waals surface area contributed by atoms with E-state index in [0.29, 0.717) is 18.0 Å². The van der Waals surface area contributed by atoms with Crippen LogP contribution >= 0.6 is 0 Å².